The van der Waals surface area contributed by atoms with E-state index in [2.05, 4.69) is 53.3 Å². The van der Waals surface area contributed by atoms with Crippen LogP contribution in [0.1, 0.15) is 72.3 Å². The van der Waals surface area contributed by atoms with E-state index in [1.165, 1.54) is 16.7 Å². The fourth-order valence-corrected chi connectivity index (χ4v) is 4.42. The van der Waals surface area contributed by atoms with Gasteiger partial charge in [0.05, 0.1) is 5.56 Å². The van der Waals surface area contributed by atoms with Crippen molar-refractivity contribution in [3.05, 3.63) is 76.4 Å². The first-order valence-electron chi connectivity index (χ1n) is 8.71. The van der Waals surface area contributed by atoms with Gasteiger partial charge in [-0.15, -0.1) is 0 Å². The van der Waals surface area contributed by atoms with Gasteiger partial charge in [-0.25, -0.2) is 4.79 Å². The number of benzene rings is 2. The fraction of sp³-hybridized carbons (Fsp3) is 0.348. The molecular weight excluding hydrogens is 308 g/mol. The lowest BCUT2D eigenvalue weighted by molar-refractivity contribution is 0.0697. The third kappa shape index (κ3) is 2.90. The summed E-state index contributed by atoms with van der Waals surface area (Å²) in [7, 11) is 0. The molecule has 0 saturated heterocycles. The largest absolute Gasteiger partial charge is 0.478 e. The van der Waals surface area contributed by atoms with Gasteiger partial charge in [-0.1, -0.05) is 58.5 Å². The molecule has 1 N–H and O–H groups in total. The molecule has 130 valence electrons. The standard InChI is InChI=1S/C23H26O2/c1-14-11-19-20(23(5,6)13-22(19,3)4)12-18(14)15(2)16-7-9-17(10-8-16)21(24)25/h7-12H,2,13H2,1,3-6H3,(H,24,25). The third-order valence-electron chi connectivity index (χ3n) is 5.51. The van der Waals surface area contributed by atoms with Crippen molar-refractivity contribution in [3.63, 3.8) is 0 Å². The number of hydrogen-bond acceptors (Lipinski definition) is 1. The molecule has 2 aromatic rings. The van der Waals surface area contributed by atoms with Crippen LogP contribution in [0.5, 0.6) is 0 Å². The smallest absolute Gasteiger partial charge is 0.335 e. The summed E-state index contributed by atoms with van der Waals surface area (Å²) in [6.07, 6.45) is 1.14. The van der Waals surface area contributed by atoms with E-state index >= 15 is 0 Å². The molecule has 0 aromatic heterocycles. The molecule has 2 heteroatoms. The van der Waals surface area contributed by atoms with Crippen molar-refractivity contribution in [1.29, 1.82) is 0 Å². The van der Waals surface area contributed by atoms with E-state index in [1.807, 2.05) is 12.1 Å². The van der Waals surface area contributed by atoms with E-state index in [0.717, 1.165) is 23.1 Å². The Hall–Kier alpha value is -2.35. The van der Waals surface area contributed by atoms with Crippen LogP contribution >= 0.6 is 0 Å². The highest BCUT2D eigenvalue weighted by molar-refractivity contribution is 5.89. The quantitative estimate of drug-likeness (QED) is 0.780. The molecule has 3 rings (SSSR count). The Morgan fingerprint density at radius 1 is 0.960 bits per heavy atom. The molecule has 0 spiro atoms. The second-order valence-electron chi connectivity index (χ2n) is 8.52. The van der Waals surface area contributed by atoms with Gasteiger partial charge >= 0.3 is 5.97 Å². The normalized spacial score (nSPS) is 17.2. The molecule has 0 aliphatic heterocycles. The van der Waals surface area contributed by atoms with E-state index in [0.29, 0.717) is 5.56 Å². The highest BCUT2D eigenvalue weighted by atomic mass is 16.4. The van der Waals surface area contributed by atoms with Crippen molar-refractivity contribution in [2.24, 2.45) is 0 Å². The maximum Gasteiger partial charge on any atom is 0.335 e. The zero-order valence-corrected chi connectivity index (χ0v) is 15.7. The van der Waals surface area contributed by atoms with E-state index in [9.17, 15) is 4.79 Å². The Bertz CT molecular complexity index is 868. The summed E-state index contributed by atoms with van der Waals surface area (Å²) >= 11 is 0. The first-order valence-corrected chi connectivity index (χ1v) is 8.71. The van der Waals surface area contributed by atoms with Crippen LogP contribution < -0.4 is 0 Å². The molecule has 0 unspecified atom stereocenters. The Morgan fingerprint density at radius 2 is 1.44 bits per heavy atom. The molecule has 1 aliphatic carbocycles. The monoisotopic (exact) mass is 334 g/mol. The van der Waals surface area contributed by atoms with Crippen molar-refractivity contribution in [2.75, 3.05) is 0 Å². The zero-order valence-electron chi connectivity index (χ0n) is 15.7. The van der Waals surface area contributed by atoms with Crippen LogP contribution in [0.15, 0.2) is 43.0 Å². The van der Waals surface area contributed by atoms with E-state index < -0.39 is 5.97 Å². The fourth-order valence-electron chi connectivity index (χ4n) is 4.42. The van der Waals surface area contributed by atoms with Gasteiger partial charge in [0.2, 0.25) is 0 Å². The molecular formula is C23H26O2. The molecule has 1 aliphatic rings. The van der Waals surface area contributed by atoms with Gasteiger partial charge < -0.3 is 5.11 Å². The average molecular weight is 334 g/mol. The summed E-state index contributed by atoms with van der Waals surface area (Å²) in [5.41, 5.74) is 7.74. The van der Waals surface area contributed by atoms with Gasteiger partial charge in [-0.05, 0) is 69.7 Å². The molecule has 2 nitrogen and oxygen atoms in total. The Kier molecular flexibility index (Phi) is 3.90. The molecule has 2 aromatic carbocycles. The summed E-state index contributed by atoms with van der Waals surface area (Å²) in [4.78, 5) is 11.0. The topological polar surface area (TPSA) is 37.3 Å². The van der Waals surface area contributed by atoms with Crippen molar-refractivity contribution in [3.8, 4) is 0 Å². The Balaban J connectivity index is 2.07. The lowest BCUT2D eigenvalue weighted by atomic mass is 9.82. The predicted molar refractivity (Wildman–Crippen MR) is 103 cm³/mol. The molecule has 0 atom stereocenters. The minimum absolute atomic E-state index is 0.148. The number of fused-ring (bicyclic) bond motifs is 1. The second kappa shape index (κ2) is 5.59. The molecule has 0 radical (unpaired) electrons. The van der Waals surface area contributed by atoms with Crippen LogP contribution in [0.3, 0.4) is 0 Å². The van der Waals surface area contributed by atoms with Gasteiger partial charge in [0.15, 0.2) is 0 Å². The average Bonchev–Trinajstić information content (AvgIpc) is 2.70. The summed E-state index contributed by atoms with van der Waals surface area (Å²) in [5, 5.41) is 9.07. The summed E-state index contributed by atoms with van der Waals surface area (Å²) < 4.78 is 0. The first-order chi connectivity index (χ1) is 11.5. The van der Waals surface area contributed by atoms with E-state index in [1.54, 1.807) is 12.1 Å². The lowest BCUT2D eigenvalue weighted by Crippen LogP contribution is -2.18. The number of carboxylic acids is 1. The van der Waals surface area contributed by atoms with Crippen LogP contribution in [0.25, 0.3) is 5.57 Å². The molecule has 0 amide bonds. The van der Waals surface area contributed by atoms with Crippen molar-refractivity contribution < 1.29 is 9.90 Å². The molecule has 0 saturated carbocycles. The Labute approximate surface area is 150 Å². The summed E-state index contributed by atoms with van der Waals surface area (Å²) in [5.74, 6) is -0.908. The molecule has 0 fully saturated rings. The van der Waals surface area contributed by atoms with Crippen LogP contribution in [0.2, 0.25) is 0 Å². The van der Waals surface area contributed by atoms with Crippen LogP contribution in [-0.4, -0.2) is 11.1 Å². The minimum Gasteiger partial charge on any atom is -0.478 e. The predicted octanol–water partition coefficient (Wildman–Crippen LogP) is 5.71. The summed E-state index contributed by atoms with van der Waals surface area (Å²) in [6, 6.07) is 11.6. The number of rotatable bonds is 3. The first kappa shape index (κ1) is 17.5. The SMILES string of the molecule is C=C(c1ccc(C(=O)O)cc1)c1cc2c(cc1C)C(C)(C)CC2(C)C. The van der Waals surface area contributed by atoms with Gasteiger partial charge in [-0.2, -0.15) is 0 Å². The Morgan fingerprint density at radius 3 is 1.96 bits per heavy atom. The lowest BCUT2D eigenvalue weighted by Gasteiger charge is -2.22. The highest BCUT2D eigenvalue weighted by Crippen LogP contribution is 2.50. The number of aryl methyl sites for hydroxylation is 1. The summed E-state index contributed by atoms with van der Waals surface area (Å²) in [6.45, 7) is 15.7. The maximum atomic E-state index is 11.0. The molecule has 0 bridgehead atoms. The number of aromatic carboxylic acids is 1. The van der Waals surface area contributed by atoms with Gasteiger partial charge in [0.25, 0.3) is 0 Å². The molecule has 0 heterocycles. The van der Waals surface area contributed by atoms with E-state index in [4.69, 9.17) is 5.11 Å². The number of carbonyl (C=O) groups is 1. The number of carboxylic acid groups (broad SMARTS) is 1. The number of hydrogen-bond donors (Lipinski definition) is 1. The van der Waals surface area contributed by atoms with E-state index in [-0.39, 0.29) is 10.8 Å². The van der Waals surface area contributed by atoms with Gasteiger partial charge in [0.1, 0.15) is 0 Å². The van der Waals surface area contributed by atoms with Crippen LogP contribution in [0.4, 0.5) is 0 Å². The highest BCUT2D eigenvalue weighted by Gasteiger charge is 2.42. The maximum absolute atomic E-state index is 11.0. The van der Waals surface area contributed by atoms with Gasteiger partial charge in [-0.3, -0.25) is 0 Å². The van der Waals surface area contributed by atoms with Crippen LogP contribution in [-0.2, 0) is 10.8 Å². The minimum atomic E-state index is -0.908. The van der Waals surface area contributed by atoms with Crippen molar-refractivity contribution >= 4 is 11.5 Å². The van der Waals surface area contributed by atoms with Gasteiger partial charge in [0, 0.05) is 0 Å². The van der Waals surface area contributed by atoms with Crippen molar-refractivity contribution in [1.82, 2.24) is 0 Å². The van der Waals surface area contributed by atoms with Crippen molar-refractivity contribution in [2.45, 2.75) is 51.9 Å². The van der Waals surface area contributed by atoms with Crippen LogP contribution in [0, 0.1) is 6.92 Å². The second-order valence-corrected chi connectivity index (χ2v) is 8.52. The third-order valence-corrected chi connectivity index (χ3v) is 5.51. The zero-order chi connectivity index (χ0) is 18.6. The molecule has 25 heavy (non-hydrogen) atoms.